The number of rotatable bonds is 15. The molecule has 4 heteroatoms. The van der Waals surface area contributed by atoms with Crippen molar-refractivity contribution in [3.8, 4) is 5.75 Å². The molecule has 3 nitrogen and oxygen atoms in total. The third kappa shape index (κ3) is 10.0. The van der Waals surface area contributed by atoms with Crippen LogP contribution in [-0.4, -0.2) is 6.10 Å². The molecule has 0 N–H and O–H groups in total. The highest BCUT2D eigenvalue weighted by Gasteiger charge is 2.27. The number of hydrogen-bond acceptors (Lipinski definition) is 3. The van der Waals surface area contributed by atoms with Crippen LogP contribution in [0.15, 0.2) is 72.1 Å². The molecule has 0 aliphatic heterocycles. The molecule has 2 atom stereocenters. The summed E-state index contributed by atoms with van der Waals surface area (Å²) in [5.74, 6) is 1.57. The second-order valence-corrected chi connectivity index (χ2v) is 13.5. The van der Waals surface area contributed by atoms with E-state index in [2.05, 4.69) is 118 Å². The van der Waals surface area contributed by atoms with Gasteiger partial charge in [-0.25, -0.2) is 0 Å². The van der Waals surface area contributed by atoms with Gasteiger partial charge in [-0.1, -0.05) is 112 Å². The van der Waals surface area contributed by atoms with E-state index < -0.39 is 8.60 Å². The van der Waals surface area contributed by atoms with Crippen molar-refractivity contribution in [2.75, 3.05) is 0 Å². The normalized spacial score (nSPS) is 18.0. The van der Waals surface area contributed by atoms with Crippen molar-refractivity contribution in [3.63, 3.8) is 0 Å². The summed E-state index contributed by atoms with van der Waals surface area (Å²) in [5.41, 5.74) is 3.24. The molecule has 0 amide bonds. The maximum atomic E-state index is 6.47. The molecule has 0 fully saturated rings. The molecule has 0 aromatic heterocycles. The minimum Gasteiger partial charge on any atom is -0.418 e. The van der Waals surface area contributed by atoms with Crippen LogP contribution in [0, 0.1) is 10.8 Å². The maximum absolute atomic E-state index is 6.47. The van der Waals surface area contributed by atoms with E-state index in [1.54, 1.807) is 0 Å². The molecule has 0 saturated carbocycles. The van der Waals surface area contributed by atoms with Crippen LogP contribution in [0.2, 0.25) is 0 Å². The van der Waals surface area contributed by atoms with Gasteiger partial charge in [0, 0.05) is 0 Å². The Morgan fingerprint density at radius 3 is 2.11 bits per heavy atom. The fourth-order valence-electron chi connectivity index (χ4n) is 3.88. The summed E-state index contributed by atoms with van der Waals surface area (Å²) in [7, 11) is -1.65. The van der Waals surface area contributed by atoms with Crippen LogP contribution in [0.5, 0.6) is 5.75 Å². The first-order chi connectivity index (χ1) is 17.9. The molecule has 212 valence electrons. The van der Waals surface area contributed by atoms with Gasteiger partial charge in [-0.15, -0.1) is 0 Å². The van der Waals surface area contributed by atoms with Gasteiger partial charge in [0.25, 0.3) is 0 Å². The van der Waals surface area contributed by atoms with Crippen molar-refractivity contribution in [2.24, 2.45) is 10.8 Å². The molecule has 38 heavy (non-hydrogen) atoms. The van der Waals surface area contributed by atoms with E-state index in [4.69, 9.17) is 13.6 Å². The fraction of sp³-hybridized carbons (Fsp3) is 0.588. The number of benzene rings is 1. The smallest absolute Gasteiger partial charge is 0.418 e. The van der Waals surface area contributed by atoms with E-state index in [0.717, 1.165) is 50.0 Å². The van der Waals surface area contributed by atoms with Crippen molar-refractivity contribution >= 4 is 8.60 Å². The van der Waals surface area contributed by atoms with Crippen molar-refractivity contribution < 1.29 is 13.6 Å². The summed E-state index contributed by atoms with van der Waals surface area (Å²) in [6.45, 7) is 22.5. The van der Waals surface area contributed by atoms with Crippen molar-refractivity contribution in [2.45, 2.75) is 119 Å². The zero-order valence-electron chi connectivity index (χ0n) is 25.8. The third-order valence-electron chi connectivity index (χ3n) is 8.14. The Bertz CT molecular complexity index is 979. The largest absolute Gasteiger partial charge is 0.463 e. The second-order valence-electron chi connectivity index (χ2n) is 12.4. The molecule has 1 aliphatic rings. The molecule has 1 aromatic rings. The number of hydrogen-bond donors (Lipinski definition) is 0. The predicted molar refractivity (Wildman–Crippen MR) is 165 cm³/mol. The highest BCUT2D eigenvalue weighted by Crippen LogP contribution is 2.46. The Balaban J connectivity index is 2.23. The second kappa shape index (κ2) is 14.5. The van der Waals surface area contributed by atoms with E-state index in [-0.39, 0.29) is 22.3 Å². The Kier molecular flexibility index (Phi) is 12.4. The van der Waals surface area contributed by atoms with Crippen LogP contribution in [0.25, 0.3) is 0 Å². The lowest BCUT2D eigenvalue weighted by Gasteiger charge is -2.29. The summed E-state index contributed by atoms with van der Waals surface area (Å²) >= 11 is 0. The van der Waals surface area contributed by atoms with Gasteiger partial charge >= 0.3 is 8.60 Å². The van der Waals surface area contributed by atoms with E-state index in [1.165, 1.54) is 11.1 Å². The third-order valence-corrected chi connectivity index (χ3v) is 9.30. The van der Waals surface area contributed by atoms with Gasteiger partial charge in [0.15, 0.2) is 0 Å². The summed E-state index contributed by atoms with van der Waals surface area (Å²) in [5, 5.41) is 0. The molecular formula is C34H53O3P. The van der Waals surface area contributed by atoms with Crippen LogP contribution < -0.4 is 4.52 Å². The lowest BCUT2D eigenvalue weighted by molar-refractivity contribution is 0.199. The van der Waals surface area contributed by atoms with E-state index in [1.807, 2.05) is 12.1 Å². The Hall–Kier alpha value is -1.83. The van der Waals surface area contributed by atoms with Crippen molar-refractivity contribution in [1.82, 2.24) is 0 Å². The van der Waals surface area contributed by atoms with Crippen LogP contribution in [0.1, 0.15) is 113 Å². The molecule has 0 saturated heterocycles. The molecule has 0 spiro atoms. The predicted octanol–water partition coefficient (Wildman–Crippen LogP) is 11.4. The standard InChI is InChI=1S/C34H53O3P/c1-11-16-29(17-15-26-32(5,6)12-2)35-38(36-30-22-18-27(19-23-30)33(7,8)13-3)37-31-24-20-28(21-25-31)34(9,10)14-4/h15-24,31H,11-14,25-26H2,1-10H3/b17-15-,29-16+. The van der Waals surface area contributed by atoms with Crippen LogP contribution in [0.3, 0.4) is 0 Å². The van der Waals surface area contributed by atoms with Crippen LogP contribution in [0.4, 0.5) is 0 Å². The first-order valence-corrected chi connectivity index (χ1v) is 15.6. The average molecular weight is 541 g/mol. The number of allylic oxidation sites excluding steroid dienone is 5. The maximum Gasteiger partial charge on any atom is 0.463 e. The quantitative estimate of drug-likeness (QED) is 0.126. The lowest BCUT2D eigenvalue weighted by atomic mass is 9.79. The van der Waals surface area contributed by atoms with Crippen LogP contribution >= 0.6 is 8.60 Å². The van der Waals surface area contributed by atoms with Gasteiger partial charge in [0.05, 0.1) is 6.10 Å². The fourth-order valence-corrected chi connectivity index (χ4v) is 4.98. The zero-order valence-corrected chi connectivity index (χ0v) is 26.7. The monoisotopic (exact) mass is 540 g/mol. The average Bonchev–Trinajstić information content (AvgIpc) is 2.89. The van der Waals surface area contributed by atoms with Crippen LogP contribution in [-0.2, 0) is 14.5 Å². The van der Waals surface area contributed by atoms with Crippen molar-refractivity contribution in [3.05, 3.63) is 77.6 Å². The van der Waals surface area contributed by atoms with Gasteiger partial charge in [-0.2, -0.15) is 0 Å². The highest BCUT2D eigenvalue weighted by atomic mass is 31.2. The molecule has 2 rings (SSSR count). The van der Waals surface area contributed by atoms with Gasteiger partial charge in [-0.3, -0.25) is 4.52 Å². The summed E-state index contributed by atoms with van der Waals surface area (Å²) < 4.78 is 19.3. The topological polar surface area (TPSA) is 27.7 Å². The highest BCUT2D eigenvalue weighted by molar-refractivity contribution is 7.42. The molecule has 1 aromatic carbocycles. The summed E-state index contributed by atoms with van der Waals surface area (Å²) in [6, 6.07) is 8.39. The van der Waals surface area contributed by atoms with Gasteiger partial charge < -0.3 is 9.05 Å². The van der Waals surface area contributed by atoms with Gasteiger partial charge in [-0.05, 0) is 83.8 Å². The van der Waals surface area contributed by atoms with E-state index in [0.29, 0.717) is 0 Å². The van der Waals surface area contributed by atoms with Gasteiger partial charge in [0.1, 0.15) is 11.5 Å². The minimum absolute atomic E-state index is 0.0818. The first kappa shape index (κ1) is 32.4. The zero-order chi connectivity index (χ0) is 28.4. The van der Waals surface area contributed by atoms with Gasteiger partial charge in [0.2, 0.25) is 0 Å². The molecule has 0 radical (unpaired) electrons. The summed E-state index contributed by atoms with van der Waals surface area (Å²) in [6.07, 6.45) is 19.0. The summed E-state index contributed by atoms with van der Waals surface area (Å²) in [4.78, 5) is 0. The molecule has 0 heterocycles. The molecular weight excluding hydrogens is 487 g/mol. The Morgan fingerprint density at radius 2 is 1.58 bits per heavy atom. The Labute approximate surface area is 235 Å². The molecule has 0 bridgehead atoms. The SMILES string of the molecule is CC/C=C(\C=C/CC(C)(C)CC)OP(Oc1ccc(C(C)(C)CC)cc1)OC1C=CC(C(C)(C)CC)=CC1. The van der Waals surface area contributed by atoms with E-state index in [9.17, 15) is 0 Å². The van der Waals surface area contributed by atoms with E-state index >= 15 is 0 Å². The van der Waals surface area contributed by atoms with Crippen molar-refractivity contribution in [1.29, 1.82) is 0 Å². The first-order valence-electron chi connectivity index (χ1n) is 14.5. The lowest BCUT2D eigenvalue weighted by Crippen LogP contribution is -2.18. The molecule has 1 aliphatic carbocycles. The minimum atomic E-state index is -1.65. The Morgan fingerprint density at radius 1 is 0.921 bits per heavy atom. The molecule has 2 unspecified atom stereocenters.